The van der Waals surface area contributed by atoms with Crippen molar-refractivity contribution in [3.63, 3.8) is 0 Å². The van der Waals surface area contributed by atoms with Gasteiger partial charge in [0.2, 0.25) is 5.91 Å². The number of H-pyrrole nitrogens is 1. The van der Waals surface area contributed by atoms with E-state index in [1.807, 2.05) is 17.0 Å². The minimum atomic E-state index is -0.303. The maximum atomic E-state index is 13.1. The Morgan fingerprint density at radius 2 is 2.08 bits per heavy atom. The lowest BCUT2D eigenvalue weighted by Crippen LogP contribution is -2.47. The van der Waals surface area contributed by atoms with Crippen LogP contribution in [0.5, 0.6) is 0 Å². The highest BCUT2D eigenvalue weighted by molar-refractivity contribution is 5.86. The molecule has 1 aromatic carbocycles. The van der Waals surface area contributed by atoms with Crippen LogP contribution in [0.25, 0.3) is 10.9 Å². The number of hydrogen-bond donors (Lipinski definition) is 1. The van der Waals surface area contributed by atoms with Gasteiger partial charge in [0, 0.05) is 54.8 Å². The van der Waals surface area contributed by atoms with Crippen LogP contribution in [0.1, 0.15) is 31.0 Å². The Balaban J connectivity index is 1.48. The number of piperidine rings is 1. The molecule has 6 nitrogen and oxygen atoms in total. The number of ether oxygens (including phenoxy) is 1. The number of benzene rings is 1. The SMILES string of the molecule is CCOC(=O)N1CCC[C@H](C(=O)N2CCc3[nH]c4ccccc4c3C2)C1. The van der Waals surface area contributed by atoms with E-state index in [0.29, 0.717) is 26.2 Å². The first-order valence-corrected chi connectivity index (χ1v) is 9.46. The van der Waals surface area contributed by atoms with Gasteiger partial charge in [-0.1, -0.05) is 18.2 Å². The second kappa shape index (κ2) is 7.02. The maximum absolute atomic E-state index is 13.1. The molecule has 1 aromatic heterocycles. The minimum absolute atomic E-state index is 0.125. The third kappa shape index (κ3) is 3.04. The van der Waals surface area contributed by atoms with E-state index in [-0.39, 0.29) is 17.9 Å². The van der Waals surface area contributed by atoms with Gasteiger partial charge in [-0.2, -0.15) is 0 Å². The Morgan fingerprint density at radius 1 is 1.23 bits per heavy atom. The van der Waals surface area contributed by atoms with E-state index >= 15 is 0 Å². The molecule has 0 saturated carbocycles. The fourth-order valence-electron chi connectivity index (χ4n) is 4.17. The van der Waals surface area contributed by atoms with Crippen LogP contribution in [0, 0.1) is 5.92 Å². The number of fused-ring (bicyclic) bond motifs is 3. The lowest BCUT2D eigenvalue weighted by Gasteiger charge is -2.35. The van der Waals surface area contributed by atoms with Crippen LogP contribution in [0.2, 0.25) is 0 Å². The van der Waals surface area contributed by atoms with Crippen molar-refractivity contribution in [3.8, 4) is 0 Å². The molecule has 0 unspecified atom stereocenters. The molecule has 2 amide bonds. The smallest absolute Gasteiger partial charge is 0.409 e. The first-order valence-electron chi connectivity index (χ1n) is 9.46. The number of likely N-dealkylation sites (tertiary alicyclic amines) is 1. The number of rotatable bonds is 2. The largest absolute Gasteiger partial charge is 0.450 e. The molecular weight excluding hydrogens is 330 g/mol. The standard InChI is InChI=1S/C20H25N3O3/c1-2-26-20(25)23-10-5-6-14(12-23)19(24)22-11-9-18-16(13-22)15-7-3-4-8-17(15)21-18/h3-4,7-8,14,21H,2,5-6,9-13H2,1H3/t14-/m0/s1. The Kier molecular flexibility index (Phi) is 4.57. The van der Waals surface area contributed by atoms with E-state index in [2.05, 4.69) is 17.1 Å². The summed E-state index contributed by atoms with van der Waals surface area (Å²) in [5.41, 5.74) is 3.61. The Bertz CT molecular complexity index is 829. The molecule has 0 radical (unpaired) electrons. The summed E-state index contributed by atoms with van der Waals surface area (Å²) in [4.78, 5) is 32.2. The van der Waals surface area contributed by atoms with Crippen LogP contribution in [0.3, 0.4) is 0 Å². The van der Waals surface area contributed by atoms with Crippen LogP contribution in [-0.2, 0) is 22.5 Å². The van der Waals surface area contributed by atoms with Gasteiger partial charge >= 0.3 is 6.09 Å². The zero-order valence-electron chi connectivity index (χ0n) is 15.2. The Morgan fingerprint density at radius 3 is 2.92 bits per heavy atom. The molecule has 138 valence electrons. The van der Waals surface area contributed by atoms with E-state index in [4.69, 9.17) is 4.74 Å². The fourth-order valence-corrected chi connectivity index (χ4v) is 4.17. The average molecular weight is 355 g/mol. The fraction of sp³-hybridized carbons (Fsp3) is 0.500. The average Bonchev–Trinajstić information content (AvgIpc) is 3.05. The van der Waals surface area contributed by atoms with Gasteiger partial charge in [0.25, 0.3) is 0 Å². The van der Waals surface area contributed by atoms with Crippen molar-refractivity contribution >= 4 is 22.9 Å². The third-order valence-electron chi connectivity index (χ3n) is 5.49. The summed E-state index contributed by atoms with van der Waals surface area (Å²) >= 11 is 0. The lowest BCUT2D eigenvalue weighted by molar-refractivity contribution is -0.138. The molecule has 0 aliphatic carbocycles. The number of carbonyl (C=O) groups is 2. The van der Waals surface area contributed by atoms with Crippen molar-refractivity contribution in [2.24, 2.45) is 5.92 Å². The van der Waals surface area contributed by atoms with Crippen molar-refractivity contribution in [1.29, 1.82) is 0 Å². The van der Waals surface area contributed by atoms with E-state index in [0.717, 1.165) is 31.3 Å². The van der Waals surface area contributed by atoms with Gasteiger partial charge in [-0.25, -0.2) is 4.79 Å². The highest BCUT2D eigenvalue weighted by Gasteiger charge is 2.33. The van der Waals surface area contributed by atoms with Crippen molar-refractivity contribution in [3.05, 3.63) is 35.5 Å². The highest BCUT2D eigenvalue weighted by atomic mass is 16.6. The second-order valence-corrected chi connectivity index (χ2v) is 7.12. The minimum Gasteiger partial charge on any atom is -0.450 e. The topological polar surface area (TPSA) is 65.6 Å². The van der Waals surface area contributed by atoms with E-state index in [1.54, 1.807) is 11.8 Å². The second-order valence-electron chi connectivity index (χ2n) is 7.12. The summed E-state index contributed by atoms with van der Waals surface area (Å²) in [6, 6.07) is 8.26. The van der Waals surface area contributed by atoms with Crippen molar-refractivity contribution in [1.82, 2.24) is 14.8 Å². The molecule has 2 aliphatic rings. The lowest BCUT2D eigenvalue weighted by atomic mass is 9.95. The van der Waals surface area contributed by atoms with E-state index < -0.39 is 0 Å². The summed E-state index contributed by atoms with van der Waals surface area (Å²) in [5, 5.41) is 1.21. The van der Waals surface area contributed by atoms with Gasteiger partial charge < -0.3 is 19.5 Å². The Labute approximate surface area is 153 Å². The molecule has 2 aromatic rings. The predicted molar refractivity (Wildman–Crippen MR) is 98.7 cm³/mol. The number of para-hydroxylation sites is 1. The van der Waals surface area contributed by atoms with Crippen LogP contribution in [-0.4, -0.2) is 53.0 Å². The molecule has 1 N–H and O–H groups in total. The molecule has 1 fully saturated rings. The quantitative estimate of drug-likeness (QED) is 0.901. The molecule has 4 rings (SSSR count). The molecule has 1 atom stereocenters. The first-order chi connectivity index (χ1) is 12.7. The molecule has 2 aliphatic heterocycles. The zero-order valence-corrected chi connectivity index (χ0v) is 15.2. The van der Waals surface area contributed by atoms with Crippen LogP contribution in [0.4, 0.5) is 4.79 Å². The zero-order chi connectivity index (χ0) is 18.1. The van der Waals surface area contributed by atoms with Crippen molar-refractivity contribution in [2.45, 2.75) is 32.7 Å². The summed E-state index contributed by atoms with van der Waals surface area (Å²) in [6.07, 6.45) is 2.24. The monoisotopic (exact) mass is 355 g/mol. The Hall–Kier alpha value is -2.50. The van der Waals surface area contributed by atoms with Gasteiger partial charge in [-0.15, -0.1) is 0 Å². The molecule has 0 bridgehead atoms. The molecular formula is C20H25N3O3. The number of aromatic nitrogens is 1. The number of nitrogens with zero attached hydrogens (tertiary/aromatic N) is 2. The molecule has 1 saturated heterocycles. The van der Waals surface area contributed by atoms with Gasteiger partial charge in [-0.3, -0.25) is 4.79 Å². The summed E-state index contributed by atoms with van der Waals surface area (Å²) < 4.78 is 5.10. The van der Waals surface area contributed by atoms with Crippen molar-refractivity contribution in [2.75, 3.05) is 26.2 Å². The van der Waals surface area contributed by atoms with Gasteiger partial charge in [-0.05, 0) is 25.8 Å². The maximum Gasteiger partial charge on any atom is 0.409 e. The molecule has 6 heteroatoms. The predicted octanol–water partition coefficient (Wildman–Crippen LogP) is 2.92. The van der Waals surface area contributed by atoms with Crippen LogP contribution < -0.4 is 0 Å². The summed E-state index contributed by atoms with van der Waals surface area (Å²) in [7, 11) is 0. The molecule has 0 spiro atoms. The summed E-state index contributed by atoms with van der Waals surface area (Å²) in [5.74, 6) is 0.0369. The third-order valence-corrected chi connectivity index (χ3v) is 5.49. The number of nitrogens with one attached hydrogen (secondary N) is 1. The number of hydrogen-bond acceptors (Lipinski definition) is 3. The molecule has 26 heavy (non-hydrogen) atoms. The molecule has 3 heterocycles. The van der Waals surface area contributed by atoms with E-state index in [1.165, 1.54) is 16.6 Å². The summed E-state index contributed by atoms with van der Waals surface area (Å²) in [6.45, 7) is 4.69. The highest BCUT2D eigenvalue weighted by Crippen LogP contribution is 2.29. The van der Waals surface area contributed by atoms with Crippen LogP contribution in [0.15, 0.2) is 24.3 Å². The van der Waals surface area contributed by atoms with Crippen LogP contribution >= 0.6 is 0 Å². The number of aromatic amines is 1. The van der Waals surface area contributed by atoms with Gasteiger partial charge in [0.1, 0.15) is 0 Å². The normalized spacial score (nSPS) is 20.1. The van der Waals surface area contributed by atoms with E-state index in [9.17, 15) is 9.59 Å². The van der Waals surface area contributed by atoms with Gasteiger partial charge in [0.05, 0.1) is 12.5 Å². The number of amides is 2. The van der Waals surface area contributed by atoms with Gasteiger partial charge in [0.15, 0.2) is 0 Å². The number of carbonyl (C=O) groups excluding carboxylic acids is 2. The van der Waals surface area contributed by atoms with Crippen molar-refractivity contribution < 1.29 is 14.3 Å². The first kappa shape index (κ1) is 16.9.